The van der Waals surface area contributed by atoms with E-state index < -0.39 is 11.8 Å². The Labute approximate surface area is 236 Å². The molecule has 0 bridgehead atoms. The molecule has 9 heteroatoms. The van der Waals surface area contributed by atoms with Crippen LogP contribution in [-0.4, -0.2) is 39.4 Å². The normalized spacial score (nSPS) is 10.8. The summed E-state index contributed by atoms with van der Waals surface area (Å²) >= 11 is 18.3. The molecule has 1 aromatic heterocycles. The van der Waals surface area contributed by atoms with Crippen LogP contribution in [-0.2, 0) is 4.79 Å². The number of nitrogens with one attached hydrogen (secondary N) is 1. The Morgan fingerprint density at radius 3 is 2.34 bits per heavy atom. The van der Waals surface area contributed by atoms with E-state index in [1.54, 1.807) is 24.3 Å². The first-order chi connectivity index (χ1) is 18.2. The van der Waals surface area contributed by atoms with Crippen molar-refractivity contribution in [2.75, 3.05) is 18.4 Å². The summed E-state index contributed by atoms with van der Waals surface area (Å²) in [4.78, 5) is 32.4. The number of aryl methyl sites for hydroxylation is 2. The Hall–Kier alpha value is -3.58. The minimum atomic E-state index is -0.427. The van der Waals surface area contributed by atoms with Gasteiger partial charge in [0.05, 0.1) is 16.3 Å². The number of amides is 2. The van der Waals surface area contributed by atoms with Crippen molar-refractivity contribution in [1.82, 2.24) is 14.5 Å². The molecule has 0 spiro atoms. The lowest BCUT2D eigenvalue weighted by atomic mass is 10.1. The maximum absolute atomic E-state index is 13.2. The van der Waals surface area contributed by atoms with E-state index in [0.717, 1.165) is 22.4 Å². The fraction of sp³-hybridized carbons (Fsp3) is 0.138. The number of hydrogen-bond donors (Lipinski definition) is 1. The smallest absolute Gasteiger partial charge is 0.256 e. The summed E-state index contributed by atoms with van der Waals surface area (Å²) in [6, 6.07) is 17.9. The molecule has 0 unspecified atom stereocenters. The molecule has 4 aromatic rings. The number of rotatable bonds is 8. The topological polar surface area (TPSA) is 67.2 Å². The lowest BCUT2D eigenvalue weighted by Gasteiger charge is -2.21. The van der Waals surface area contributed by atoms with Gasteiger partial charge in [0.2, 0.25) is 11.9 Å². The molecule has 3 aromatic carbocycles. The van der Waals surface area contributed by atoms with Gasteiger partial charge in [-0.2, -0.15) is 0 Å². The van der Waals surface area contributed by atoms with Crippen molar-refractivity contribution in [3.63, 3.8) is 0 Å². The maximum atomic E-state index is 13.2. The van der Waals surface area contributed by atoms with Crippen LogP contribution in [0.1, 0.15) is 21.5 Å². The molecule has 1 heterocycles. The molecule has 0 saturated carbocycles. The number of carbonyl (C=O) groups is 2. The van der Waals surface area contributed by atoms with Crippen LogP contribution in [0, 0.1) is 13.8 Å². The first kappa shape index (κ1) is 27.5. The van der Waals surface area contributed by atoms with E-state index >= 15 is 0 Å². The Morgan fingerprint density at radius 1 is 0.974 bits per heavy atom. The van der Waals surface area contributed by atoms with Gasteiger partial charge < -0.3 is 4.90 Å². The third-order valence-corrected chi connectivity index (χ3v) is 6.80. The van der Waals surface area contributed by atoms with Crippen molar-refractivity contribution < 1.29 is 9.59 Å². The highest BCUT2D eigenvalue weighted by atomic mass is 35.5. The monoisotopic (exact) mass is 566 g/mol. The molecule has 0 fully saturated rings. The maximum Gasteiger partial charge on any atom is 0.256 e. The molecule has 0 radical (unpaired) electrons. The van der Waals surface area contributed by atoms with Gasteiger partial charge in [-0.3, -0.25) is 19.5 Å². The van der Waals surface area contributed by atoms with Crippen molar-refractivity contribution in [3.8, 4) is 16.9 Å². The quantitative estimate of drug-likeness (QED) is 0.226. The third kappa shape index (κ3) is 6.27. The summed E-state index contributed by atoms with van der Waals surface area (Å²) in [5.74, 6) is -0.525. The highest BCUT2D eigenvalue weighted by molar-refractivity contribution is 6.36. The fourth-order valence-electron chi connectivity index (χ4n) is 3.85. The molecule has 194 valence electrons. The zero-order valence-corrected chi connectivity index (χ0v) is 23.1. The number of aromatic nitrogens is 2. The predicted octanol–water partition coefficient (Wildman–Crippen LogP) is 7.38. The van der Waals surface area contributed by atoms with Gasteiger partial charge >= 0.3 is 0 Å². The Balaban J connectivity index is 1.64. The lowest BCUT2D eigenvalue weighted by molar-refractivity contribution is -0.116. The highest BCUT2D eigenvalue weighted by Gasteiger charge is 2.22. The number of imidazole rings is 1. The third-order valence-electron chi connectivity index (χ3n) is 6.00. The van der Waals surface area contributed by atoms with Crippen molar-refractivity contribution in [1.29, 1.82) is 0 Å². The Morgan fingerprint density at radius 2 is 1.68 bits per heavy atom. The van der Waals surface area contributed by atoms with E-state index in [4.69, 9.17) is 34.8 Å². The summed E-state index contributed by atoms with van der Waals surface area (Å²) in [6.07, 6.45) is 3.40. The largest absolute Gasteiger partial charge is 0.326 e. The van der Waals surface area contributed by atoms with Gasteiger partial charge in [0.1, 0.15) is 6.54 Å². The number of carbonyl (C=O) groups excluding carboxylic acids is 2. The Bertz CT molecular complexity index is 1510. The zero-order chi connectivity index (χ0) is 27.4. The predicted molar refractivity (Wildman–Crippen MR) is 155 cm³/mol. The molecule has 0 aliphatic carbocycles. The van der Waals surface area contributed by atoms with E-state index in [2.05, 4.69) is 16.9 Å². The molecule has 4 rings (SSSR count). The van der Waals surface area contributed by atoms with Crippen LogP contribution < -0.4 is 5.32 Å². The highest BCUT2D eigenvalue weighted by Crippen LogP contribution is 2.27. The van der Waals surface area contributed by atoms with E-state index in [0.29, 0.717) is 21.7 Å². The molecule has 2 amide bonds. The summed E-state index contributed by atoms with van der Waals surface area (Å²) in [5, 5.41) is 4.10. The van der Waals surface area contributed by atoms with Crippen LogP contribution >= 0.6 is 34.8 Å². The molecule has 6 nitrogen and oxygen atoms in total. The first-order valence-electron chi connectivity index (χ1n) is 11.7. The Kier molecular flexibility index (Phi) is 8.57. The van der Waals surface area contributed by atoms with Gasteiger partial charge in [-0.1, -0.05) is 59.1 Å². The van der Waals surface area contributed by atoms with Gasteiger partial charge in [0.15, 0.2) is 0 Å². The van der Waals surface area contributed by atoms with E-state index in [1.165, 1.54) is 17.0 Å². The number of benzene rings is 3. The van der Waals surface area contributed by atoms with E-state index in [-0.39, 0.29) is 23.7 Å². The van der Waals surface area contributed by atoms with Crippen LogP contribution in [0.4, 0.5) is 5.95 Å². The summed E-state index contributed by atoms with van der Waals surface area (Å²) in [6.45, 7) is 7.68. The molecular weight excluding hydrogens is 543 g/mol. The average Bonchev–Trinajstić information content (AvgIpc) is 3.29. The van der Waals surface area contributed by atoms with Gasteiger partial charge in [0.25, 0.3) is 5.91 Å². The van der Waals surface area contributed by atoms with E-state index in [9.17, 15) is 9.59 Å². The molecular formula is C29H25Cl3N4O2. The summed E-state index contributed by atoms with van der Waals surface area (Å²) in [5.41, 5.74) is 4.83. The second-order valence-corrected chi connectivity index (χ2v) is 10.0. The molecule has 0 aliphatic rings. The van der Waals surface area contributed by atoms with Gasteiger partial charge in [-0.25, -0.2) is 4.98 Å². The average molecular weight is 568 g/mol. The lowest BCUT2D eigenvalue weighted by Crippen LogP contribution is -2.38. The van der Waals surface area contributed by atoms with Gasteiger partial charge in [-0.05, 0) is 67.4 Å². The van der Waals surface area contributed by atoms with Crippen LogP contribution in [0.3, 0.4) is 0 Å². The second-order valence-electron chi connectivity index (χ2n) is 8.74. The van der Waals surface area contributed by atoms with Crippen molar-refractivity contribution in [3.05, 3.63) is 111 Å². The fourth-order valence-corrected chi connectivity index (χ4v) is 4.46. The number of nitrogens with zero attached hydrogens (tertiary/aromatic N) is 3. The van der Waals surface area contributed by atoms with Gasteiger partial charge in [-0.15, -0.1) is 6.58 Å². The first-order valence-corrected chi connectivity index (χ1v) is 12.9. The molecule has 1 N–H and O–H groups in total. The molecule has 0 atom stereocenters. The van der Waals surface area contributed by atoms with Gasteiger partial charge in [0, 0.05) is 34.0 Å². The minimum Gasteiger partial charge on any atom is -0.326 e. The van der Waals surface area contributed by atoms with Crippen LogP contribution in [0.5, 0.6) is 0 Å². The number of hydrogen-bond acceptors (Lipinski definition) is 3. The number of anilines is 1. The van der Waals surface area contributed by atoms with Crippen molar-refractivity contribution >= 4 is 52.6 Å². The summed E-state index contributed by atoms with van der Waals surface area (Å²) in [7, 11) is 0. The SMILES string of the molecule is C=CCN(CC(=O)Nc1nc(-c2ccc(Cl)cc2)cn1-c1ccc(C)c(C)c1)C(=O)c1ccc(Cl)cc1Cl. The molecule has 0 saturated heterocycles. The number of halogens is 3. The van der Waals surface area contributed by atoms with Crippen LogP contribution in [0.15, 0.2) is 79.5 Å². The standard InChI is InChI=1S/C29H25Cl3N4O2/c1-4-13-35(28(38)24-12-10-22(31)15-25(24)32)17-27(37)34-29-33-26(20-6-8-21(30)9-7-20)16-36(29)23-11-5-18(2)19(3)14-23/h4-12,14-16H,1,13,17H2,2-3H3,(H,33,34,37). The van der Waals surface area contributed by atoms with Crippen LogP contribution in [0.25, 0.3) is 16.9 Å². The van der Waals surface area contributed by atoms with Crippen molar-refractivity contribution in [2.45, 2.75) is 13.8 Å². The molecule has 38 heavy (non-hydrogen) atoms. The zero-order valence-electron chi connectivity index (χ0n) is 20.8. The minimum absolute atomic E-state index is 0.146. The summed E-state index contributed by atoms with van der Waals surface area (Å²) < 4.78 is 1.81. The van der Waals surface area contributed by atoms with Crippen molar-refractivity contribution in [2.24, 2.45) is 0 Å². The second kappa shape index (κ2) is 11.9. The van der Waals surface area contributed by atoms with E-state index in [1.807, 2.05) is 54.9 Å². The van der Waals surface area contributed by atoms with Crippen LogP contribution in [0.2, 0.25) is 15.1 Å². The molecule has 0 aliphatic heterocycles.